The number of amides is 2. The topological polar surface area (TPSA) is 36.9 Å². The Kier molecular flexibility index (Phi) is 3.64. The Morgan fingerprint density at radius 3 is 1.86 bits per heavy atom. The largest absolute Gasteiger partial charge is 0.416 e. The normalized spacial score (nSPS) is 20.2. The third kappa shape index (κ3) is 3.12. The molecule has 1 aliphatic rings. The van der Waals surface area contributed by atoms with Crippen molar-refractivity contribution in [2.24, 2.45) is 0 Å². The Morgan fingerprint density at radius 1 is 1.05 bits per heavy atom. The first-order valence-corrected chi connectivity index (χ1v) is 5.89. The molecule has 0 aromatic heterocycles. The Labute approximate surface area is 115 Å². The van der Waals surface area contributed by atoms with Crippen molar-refractivity contribution in [2.75, 3.05) is 13.6 Å². The number of quaternary nitrogens is 1. The van der Waals surface area contributed by atoms with Crippen LogP contribution < -0.4 is 5.32 Å². The number of halogens is 6. The molecular weight excluding hydrogens is 302 g/mol. The van der Waals surface area contributed by atoms with Crippen LogP contribution in [0.3, 0.4) is 0 Å². The molecule has 0 saturated carbocycles. The van der Waals surface area contributed by atoms with Gasteiger partial charge in [0.1, 0.15) is 12.6 Å². The van der Waals surface area contributed by atoms with E-state index in [1.807, 2.05) is 0 Å². The second-order valence-electron chi connectivity index (χ2n) is 4.74. The minimum Gasteiger partial charge on any atom is -0.283 e. The van der Waals surface area contributed by atoms with Gasteiger partial charge in [-0.25, -0.2) is 4.79 Å². The lowest BCUT2D eigenvalue weighted by molar-refractivity contribution is -0.543. The first-order valence-electron chi connectivity index (χ1n) is 5.89. The Bertz CT molecular complexity index is 534. The summed E-state index contributed by atoms with van der Waals surface area (Å²) in [6.45, 7) is 0.0773. The van der Waals surface area contributed by atoms with E-state index in [4.69, 9.17) is 0 Å². The van der Waals surface area contributed by atoms with Crippen molar-refractivity contribution in [1.29, 1.82) is 0 Å². The molecule has 1 heterocycles. The molecule has 1 unspecified atom stereocenters. The molecule has 1 fully saturated rings. The van der Waals surface area contributed by atoms with Gasteiger partial charge in [-0.1, -0.05) is 0 Å². The summed E-state index contributed by atoms with van der Waals surface area (Å²) in [5, 5.41) is 1.23. The van der Waals surface area contributed by atoms with Crippen molar-refractivity contribution < 1.29 is 36.5 Å². The predicted molar refractivity (Wildman–Crippen MR) is 59.1 cm³/mol. The first-order chi connectivity index (χ1) is 9.50. The standard InChI is InChI=1S/C12H10F6N2O/c1-20-9(5-19-10(20)21)6-2-7(11(13,14)15)4-8(3-6)12(16,17)18/h2-4,9H,5H2,1H3,(H,19,21)/p+1. The number of carbonyl (C=O) groups excluding carboxylic acids is 1. The summed E-state index contributed by atoms with van der Waals surface area (Å²) in [7, 11) is 1.34. The minimum atomic E-state index is -4.89. The van der Waals surface area contributed by atoms with Crippen molar-refractivity contribution in [1.82, 2.24) is 4.90 Å². The summed E-state index contributed by atoms with van der Waals surface area (Å²) in [4.78, 5) is 12.5. The quantitative estimate of drug-likeness (QED) is 0.794. The summed E-state index contributed by atoms with van der Waals surface area (Å²) < 4.78 is 76.4. The SMILES string of the molecule is CN1C(=O)[NH2+]CC1c1cc(C(F)(F)F)cc(C(F)(F)F)c1. The molecule has 2 rings (SSSR count). The van der Waals surface area contributed by atoms with Gasteiger partial charge in [-0.05, 0) is 23.8 Å². The van der Waals surface area contributed by atoms with E-state index in [9.17, 15) is 31.1 Å². The summed E-state index contributed by atoms with van der Waals surface area (Å²) in [5.74, 6) is 0. The van der Waals surface area contributed by atoms with Crippen molar-refractivity contribution in [3.05, 3.63) is 34.9 Å². The van der Waals surface area contributed by atoms with E-state index in [-0.39, 0.29) is 18.2 Å². The maximum atomic E-state index is 12.7. The number of carbonyl (C=O) groups is 1. The number of hydrogen-bond acceptors (Lipinski definition) is 1. The fourth-order valence-electron chi connectivity index (χ4n) is 2.20. The molecule has 1 aromatic carbocycles. The molecule has 0 bridgehead atoms. The fraction of sp³-hybridized carbons (Fsp3) is 0.417. The highest BCUT2D eigenvalue weighted by Crippen LogP contribution is 2.38. The zero-order chi connectivity index (χ0) is 16.0. The molecule has 0 radical (unpaired) electrons. The number of likely N-dealkylation sites (N-methyl/N-ethyl adjacent to an activating group) is 1. The third-order valence-corrected chi connectivity index (χ3v) is 3.33. The lowest BCUT2D eigenvalue weighted by Gasteiger charge is -2.19. The van der Waals surface area contributed by atoms with E-state index in [0.29, 0.717) is 12.1 Å². The van der Waals surface area contributed by atoms with Crippen LogP contribution in [0.5, 0.6) is 0 Å². The lowest BCUT2D eigenvalue weighted by atomic mass is 9.99. The number of nitrogens with two attached hydrogens (primary N) is 1. The Balaban J connectivity index is 2.53. The van der Waals surface area contributed by atoms with Gasteiger partial charge in [0.15, 0.2) is 0 Å². The number of hydrogen-bond donors (Lipinski definition) is 1. The second kappa shape index (κ2) is 4.90. The van der Waals surface area contributed by atoms with Crippen LogP contribution in [0.15, 0.2) is 18.2 Å². The van der Waals surface area contributed by atoms with Crippen LogP contribution in [0.2, 0.25) is 0 Å². The second-order valence-corrected chi connectivity index (χ2v) is 4.74. The number of nitrogens with zero attached hydrogens (tertiary/aromatic N) is 1. The van der Waals surface area contributed by atoms with E-state index in [1.165, 1.54) is 12.4 Å². The molecule has 1 aliphatic heterocycles. The van der Waals surface area contributed by atoms with Crippen LogP contribution in [0.1, 0.15) is 22.7 Å². The smallest absolute Gasteiger partial charge is 0.283 e. The van der Waals surface area contributed by atoms with Gasteiger partial charge in [0.05, 0.1) is 11.1 Å². The van der Waals surface area contributed by atoms with Gasteiger partial charge >= 0.3 is 18.4 Å². The van der Waals surface area contributed by atoms with E-state index < -0.39 is 35.6 Å². The van der Waals surface area contributed by atoms with Crippen molar-refractivity contribution in [2.45, 2.75) is 18.4 Å². The van der Waals surface area contributed by atoms with Gasteiger partial charge in [0.25, 0.3) is 0 Å². The molecule has 1 aromatic rings. The summed E-state index contributed by atoms with van der Waals surface area (Å²) in [5.41, 5.74) is -2.93. The Hall–Kier alpha value is -1.77. The van der Waals surface area contributed by atoms with Gasteiger partial charge in [-0.15, -0.1) is 0 Å². The molecule has 2 N–H and O–H groups in total. The maximum absolute atomic E-state index is 12.7. The monoisotopic (exact) mass is 313 g/mol. The summed E-state index contributed by atoms with van der Waals surface area (Å²) in [6, 6.07) is 0.141. The molecule has 116 valence electrons. The van der Waals surface area contributed by atoms with E-state index in [0.717, 1.165) is 4.90 Å². The van der Waals surface area contributed by atoms with E-state index >= 15 is 0 Å². The Morgan fingerprint density at radius 2 is 1.52 bits per heavy atom. The first kappa shape index (κ1) is 15.6. The molecule has 1 saturated heterocycles. The minimum absolute atomic E-state index is 0.0734. The summed E-state index contributed by atoms with van der Waals surface area (Å²) in [6.07, 6.45) is -9.78. The number of benzene rings is 1. The van der Waals surface area contributed by atoms with Crippen LogP contribution in [-0.4, -0.2) is 24.5 Å². The maximum Gasteiger partial charge on any atom is 0.416 e. The van der Waals surface area contributed by atoms with E-state index in [2.05, 4.69) is 0 Å². The highest BCUT2D eigenvalue weighted by molar-refractivity contribution is 5.66. The van der Waals surface area contributed by atoms with Crippen molar-refractivity contribution in [3.63, 3.8) is 0 Å². The van der Waals surface area contributed by atoms with Gasteiger partial charge in [-0.3, -0.25) is 10.2 Å². The number of alkyl halides is 6. The zero-order valence-corrected chi connectivity index (χ0v) is 10.7. The zero-order valence-electron chi connectivity index (χ0n) is 10.7. The van der Waals surface area contributed by atoms with Gasteiger partial charge in [-0.2, -0.15) is 26.3 Å². The molecule has 9 heteroatoms. The highest BCUT2D eigenvalue weighted by Gasteiger charge is 2.40. The number of rotatable bonds is 1. The average Bonchev–Trinajstić information content (AvgIpc) is 2.67. The van der Waals surface area contributed by atoms with Gasteiger partial charge < -0.3 is 0 Å². The molecule has 3 nitrogen and oxygen atoms in total. The average molecular weight is 313 g/mol. The van der Waals surface area contributed by atoms with Gasteiger partial charge in [0, 0.05) is 7.05 Å². The third-order valence-electron chi connectivity index (χ3n) is 3.33. The van der Waals surface area contributed by atoms with Crippen molar-refractivity contribution in [3.8, 4) is 0 Å². The molecule has 1 atom stereocenters. The van der Waals surface area contributed by atoms with Crippen LogP contribution in [-0.2, 0) is 12.4 Å². The predicted octanol–water partition coefficient (Wildman–Crippen LogP) is 2.39. The molecule has 0 spiro atoms. The molecular formula is C12H11F6N2O+. The van der Waals surface area contributed by atoms with Crippen molar-refractivity contribution >= 4 is 6.03 Å². The molecule has 0 aliphatic carbocycles. The van der Waals surface area contributed by atoms with E-state index in [1.54, 1.807) is 0 Å². The van der Waals surface area contributed by atoms with Crippen LogP contribution in [0.4, 0.5) is 31.1 Å². The van der Waals surface area contributed by atoms with Crippen LogP contribution in [0, 0.1) is 0 Å². The highest BCUT2D eigenvalue weighted by atomic mass is 19.4. The number of urea groups is 1. The van der Waals surface area contributed by atoms with Gasteiger partial charge in [0.2, 0.25) is 0 Å². The molecule has 21 heavy (non-hydrogen) atoms. The number of primary amides is 1. The van der Waals surface area contributed by atoms with Crippen LogP contribution >= 0.6 is 0 Å². The lowest BCUT2D eigenvalue weighted by Crippen LogP contribution is -2.85. The van der Waals surface area contributed by atoms with Crippen LogP contribution in [0.25, 0.3) is 0 Å². The molecule has 2 amide bonds. The fourth-order valence-corrected chi connectivity index (χ4v) is 2.20. The summed E-state index contributed by atoms with van der Waals surface area (Å²) >= 11 is 0.